The number of aromatic amines is 2. The minimum Gasteiger partial charge on any atom is -0.354 e. The number of H-pyrrole nitrogens is 2. The molecule has 0 aromatic carbocycles. The summed E-state index contributed by atoms with van der Waals surface area (Å²) in [5.74, 6) is 0.589. The number of nitrogens with zero attached hydrogens (tertiary/aromatic N) is 2. The molecule has 1 aromatic heterocycles. The van der Waals surface area contributed by atoms with Gasteiger partial charge in [-0.2, -0.15) is 0 Å². The van der Waals surface area contributed by atoms with Crippen LogP contribution in [0.15, 0.2) is 9.59 Å². The predicted molar refractivity (Wildman–Crippen MR) is 66.2 cm³/mol. The maximum atomic E-state index is 11.4. The first-order valence-corrected chi connectivity index (χ1v) is 5.57. The van der Waals surface area contributed by atoms with Crippen molar-refractivity contribution in [3.05, 3.63) is 20.8 Å². The minimum absolute atomic E-state index is 0.0827. The third kappa shape index (κ3) is 3.70. The summed E-state index contributed by atoms with van der Waals surface area (Å²) in [6, 6.07) is 0.0827. The molecule has 1 heterocycles. The molecule has 0 spiro atoms. The van der Waals surface area contributed by atoms with E-state index in [9.17, 15) is 9.59 Å². The van der Waals surface area contributed by atoms with Crippen LogP contribution in [0.3, 0.4) is 0 Å². The normalized spacial score (nSPS) is 12.8. The first-order chi connectivity index (χ1) is 7.91. The van der Waals surface area contributed by atoms with Gasteiger partial charge in [-0.25, -0.2) is 9.89 Å². The fraction of sp³-hybridized carbons (Fsp3) is 0.700. The Bertz CT molecular complexity index is 464. The van der Waals surface area contributed by atoms with Crippen LogP contribution in [0.4, 0.5) is 5.82 Å². The molecular formula is C10H19N5O2. The second-order valence-corrected chi connectivity index (χ2v) is 4.45. The highest BCUT2D eigenvalue weighted by Gasteiger charge is 2.12. The van der Waals surface area contributed by atoms with Gasteiger partial charge < -0.3 is 10.6 Å². The molecular weight excluding hydrogens is 222 g/mol. The van der Waals surface area contributed by atoms with Gasteiger partial charge in [-0.3, -0.25) is 9.78 Å². The molecule has 0 aliphatic heterocycles. The molecule has 1 aromatic rings. The SMILES string of the molecule is CC(C)C(N)CCN(C)c1n[nH]c(=O)[nH]c1=O. The highest BCUT2D eigenvalue weighted by molar-refractivity contribution is 5.32. The van der Waals surface area contributed by atoms with Crippen molar-refractivity contribution >= 4 is 5.82 Å². The highest BCUT2D eigenvalue weighted by atomic mass is 16.2. The van der Waals surface area contributed by atoms with E-state index >= 15 is 0 Å². The van der Waals surface area contributed by atoms with E-state index in [1.54, 1.807) is 11.9 Å². The Labute approximate surface area is 99.0 Å². The van der Waals surface area contributed by atoms with Gasteiger partial charge in [0.1, 0.15) is 0 Å². The second kappa shape index (κ2) is 5.62. The highest BCUT2D eigenvalue weighted by Crippen LogP contribution is 2.05. The standard InChI is InChI=1S/C10H19N5O2/c1-6(2)7(11)4-5-15(3)8-9(16)12-10(17)14-13-8/h6-7H,4-5,11H2,1-3H3,(H2,12,14,16,17). The summed E-state index contributed by atoms with van der Waals surface area (Å²) in [5.41, 5.74) is 4.82. The van der Waals surface area contributed by atoms with Gasteiger partial charge in [-0.1, -0.05) is 13.8 Å². The minimum atomic E-state index is -0.606. The molecule has 0 fully saturated rings. The smallest absolute Gasteiger partial charge is 0.342 e. The van der Waals surface area contributed by atoms with E-state index < -0.39 is 11.2 Å². The zero-order chi connectivity index (χ0) is 13.0. The molecule has 0 bridgehead atoms. The third-order valence-corrected chi connectivity index (χ3v) is 2.71. The number of aromatic nitrogens is 3. The van der Waals surface area contributed by atoms with Crippen molar-refractivity contribution in [3.8, 4) is 0 Å². The van der Waals surface area contributed by atoms with Crippen LogP contribution in [-0.2, 0) is 0 Å². The van der Waals surface area contributed by atoms with E-state index in [1.165, 1.54) is 0 Å². The van der Waals surface area contributed by atoms with Gasteiger partial charge in [-0.15, -0.1) is 5.10 Å². The van der Waals surface area contributed by atoms with E-state index in [0.29, 0.717) is 12.5 Å². The molecule has 0 aliphatic rings. The van der Waals surface area contributed by atoms with Gasteiger partial charge in [0.15, 0.2) is 0 Å². The molecule has 7 heteroatoms. The Balaban J connectivity index is 2.67. The quantitative estimate of drug-likeness (QED) is 0.629. The van der Waals surface area contributed by atoms with Crippen LogP contribution >= 0.6 is 0 Å². The number of hydrogen-bond donors (Lipinski definition) is 3. The molecule has 96 valence electrons. The first-order valence-electron chi connectivity index (χ1n) is 5.57. The van der Waals surface area contributed by atoms with Gasteiger partial charge in [0, 0.05) is 19.6 Å². The van der Waals surface area contributed by atoms with Crippen LogP contribution in [0, 0.1) is 5.92 Å². The first kappa shape index (κ1) is 13.4. The fourth-order valence-electron chi connectivity index (χ4n) is 1.38. The van der Waals surface area contributed by atoms with E-state index in [0.717, 1.165) is 6.42 Å². The lowest BCUT2D eigenvalue weighted by atomic mass is 10.0. The number of anilines is 1. The Morgan fingerprint density at radius 2 is 2.06 bits per heavy atom. The zero-order valence-corrected chi connectivity index (χ0v) is 10.4. The Hall–Kier alpha value is -1.63. The van der Waals surface area contributed by atoms with E-state index in [4.69, 9.17) is 5.73 Å². The molecule has 0 saturated carbocycles. The summed E-state index contributed by atoms with van der Waals surface area (Å²) in [7, 11) is 1.74. The Kier molecular flexibility index (Phi) is 4.45. The number of rotatable bonds is 5. The average molecular weight is 241 g/mol. The molecule has 7 nitrogen and oxygen atoms in total. The van der Waals surface area contributed by atoms with Crippen LogP contribution in [0.1, 0.15) is 20.3 Å². The van der Waals surface area contributed by atoms with E-state index in [1.807, 2.05) is 0 Å². The zero-order valence-electron chi connectivity index (χ0n) is 10.4. The maximum Gasteiger partial charge on any atom is 0.342 e. The van der Waals surface area contributed by atoms with Crippen LogP contribution in [0.5, 0.6) is 0 Å². The van der Waals surface area contributed by atoms with E-state index in [-0.39, 0.29) is 11.9 Å². The lowest BCUT2D eigenvalue weighted by molar-refractivity contribution is 0.465. The van der Waals surface area contributed by atoms with Crippen LogP contribution in [0.2, 0.25) is 0 Å². The monoisotopic (exact) mass is 241 g/mol. The molecule has 1 unspecified atom stereocenters. The molecule has 0 radical (unpaired) electrons. The maximum absolute atomic E-state index is 11.4. The van der Waals surface area contributed by atoms with Crippen LogP contribution in [0.25, 0.3) is 0 Å². The fourth-order valence-corrected chi connectivity index (χ4v) is 1.38. The molecule has 0 saturated heterocycles. The molecule has 0 aliphatic carbocycles. The van der Waals surface area contributed by atoms with Crippen LogP contribution < -0.4 is 21.9 Å². The summed E-state index contributed by atoms with van der Waals surface area (Å²) in [6.45, 7) is 4.72. The van der Waals surface area contributed by atoms with Gasteiger partial charge in [0.05, 0.1) is 0 Å². The lowest BCUT2D eigenvalue weighted by Gasteiger charge is -2.21. The predicted octanol–water partition coefficient (Wildman–Crippen LogP) is -0.732. The van der Waals surface area contributed by atoms with Crippen molar-refractivity contribution in [1.29, 1.82) is 0 Å². The van der Waals surface area contributed by atoms with Crippen LogP contribution in [-0.4, -0.2) is 34.8 Å². The average Bonchev–Trinajstić information content (AvgIpc) is 2.25. The summed E-state index contributed by atoms with van der Waals surface area (Å²) in [4.78, 5) is 26.1. The van der Waals surface area contributed by atoms with Crippen molar-refractivity contribution in [1.82, 2.24) is 15.2 Å². The third-order valence-electron chi connectivity index (χ3n) is 2.71. The van der Waals surface area contributed by atoms with Crippen molar-refractivity contribution in [2.75, 3.05) is 18.5 Å². The Morgan fingerprint density at radius 3 is 2.59 bits per heavy atom. The van der Waals surface area contributed by atoms with Gasteiger partial charge in [-0.05, 0) is 12.3 Å². The summed E-state index contributed by atoms with van der Waals surface area (Å²) in [6.07, 6.45) is 0.758. The molecule has 17 heavy (non-hydrogen) atoms. The topological polar surface area (TPSA) is 108 Å². The largest absolute Gasteiger partial charge is 0.354 e. The lowest BCUT2D eigenvalue weighted by Crippen LogP contribution is -2.36. The van der Waals surface area contributed by atoms with Gasteiger partial charge in [0.25, 0.3) is 5.56 Å². The van der Waals surface area contributed by atoms with E-state index in [2.05, 4.69) is 29.0 Å². The van der Waals surface area contributed by atoms with Crippen molar-refractivity contribution < 1.29 is 0 Å². The van der Waals surface area contributed by atoms with Crippen molar-refractivity contribution in [2.45, 2.75) is 26.3 Å². The summed E-state index contributed by atoms with van der Waals surface area (Å²) < 4.78 is 0. The molecule has 1 atom stereocenters. The van der Waals surface area contributed by atoms with Gasteiger partial charge in [0.2, 0.25) is 5.82 Å². The molecule has 1 rings (SSSR count). The summed E-state index contributed by atoms with van der Waals surface area (Å²) in [5, 5.41) is 5.90. The van der Waals surface area contributed by atoms with Crippen molar-refractivity contribution in [3.63, 3.8) is 0 Å². The Morgan fingerprint density at radius 1 is 1.41 bits per heavy atom. The molecule has 4 N–H and O–H groups in total. The van der Waals surface area contributed by atoms with Crippen molar-refractivity contribution in [2.24, 2.45) is 11.7 Å². The number of hydrogen-bond acceptors (Lipinski definition) is 5. The summed E-state index contributed by atoms with van der Waals surface area (Å²) >= 11 is 0. The number of nitrogens with one attached hydrogen (secondary N) is 2. The number of nitrogens with two attached hydrogens (primary N) is 1. The van der Waals surface area contributed by atoms with Gasteiger partial charge >= 0.3 is 5.69 Å². The second-order valence-electron chi connectivity index (χ2n) is 4.45. The molecule has 0 amide bonds.